The first-order chi connectivity index (χ1) is 15.5. The topological polar surface area (TPSA) is 69.7 Å². The molecule has 2 aromatic carbocycles. The number of rotatable bonds is 8. The molecule has 4 rings (SSSR count). The van der Waals surface area contributed by atoms with Crippen molar-refractivity contribution in [2.75, 3.05) is 19.6 Å². The molecule has 0 radical (unpaired) electrons. The lowest BCUT2D eigenvalue weighted by Gasteiger charge is -2.26. The monoisotopic (exact) mass is 433 g/mol. The van der Waals surface area contributed by atoms with Gasteiger partial charge in [-0.25, -0.2) is 0 Å². The van der Waals surface area contributed by atoms with E-state index in [4.69, 9.17) is 0 Å². The van der Waals surface area contributed by atoms with Crippen LogP contribution in [0.5, 0.6) is 0 Å². The summed E-state index contributed by atoms with van der Waals surface area (Å²) in [7, 11) is 0. The van der Waals surface area contributed by atoms with Gasteiger partial charge >= 0.3 is 0 Å². The minimum Gasteiger partial charge on any atom is -0.352 e. The molecule has 0 spiro atoms. The molecule has 0 bridgehead atoms. The maximum atomic E-state index is 12.5. The van der Waals surface area contributed by atoms with Gasteiger partial charge < -0.3 is 5.32 Å². The van der Waals surface area contributed by atoms with Crippen molar-refractivity contribution in [3.05, 3.63) is 70.3 Å². The van der Waals surface area contributed by atoms with Gasteiger partial charge in [0.05, 0.1) is 11.1 Å². The second kappa shape index (κ2) is 10.1. The molecule has 1 N–H and O–H groups in total. The highest BCUT2D eigenvalue weighted by molar-refractivity contribution is 6.21. The molecule has 2 heterocycles. The van der Waals surface area contributed by atoms with Gasteiger partial charge in [-0.2, -0.15) is 0 Å². The highest BCUT2D eigenvalue weighted by atomic mass is 16.2. The summed E-state index contributed by atoms with van der Waals surface area (Å²) >= 11 is 0. The Bertz CT molecular complexity index is 994. The van der Waals surface area contributed by atoms with Gasteiger partial charge in [0.1, 0.15) is 0 Å². The molecular weight excluding hydrogens is 402 g/mol. The number of carbonyl (C=O) groups excluding carboxylic acids is 3. The third-order valence-corrected chi connectivity index (χ3v) is 6.28. The second-order valence-electron chi connectivity index (χ2n) is 8.84. The van der Waals surface area contributed by atoms with Crippen LogP contribution in [0.15, 0.2) is 42.5 Å². The largest absolute Gasteiger partial charge is 0.352 e. The summed E-state index contributed by atoms with van der Waals surface area (Å²) < 4.78 is 0. The molecular formula is C26H31N3O3. The van der Waals surface area contributed by atoms with Crippen LogP contribution in [0.1, 0.15) is 69.5 Å². The van der Waals surface area contributed by atoms with Gasteiger partial charge in [0.2, 0.25) is 5.91 Å². The van der Waals surface area contributed by atoms with Crippen LogP contribution in [-0.4, -0.2) is 47.2 Å². The third-order valence-electron chi connectivity index (χ3n) is 6.28. The number of fused-ring (bicyclic) bond motifs is 1. The molecule has 0 atom stereocenters. The van der Waals surface area contributed by atoms with Crippen LogP contribution in [0, 0.1) is 6.92 Å². The number of amides is 3. The van der Waals surface area contributed by atoms with E-state index in [1.54, 1.807) is 12.1 Å². The Morgan fingerprint density at radius 2 is 1.59 bits per heavy atom. The molecule has 6 nitrogen and oxygen atoms in total. The molecule has 32 heavy (non-hydrogen) atoms. The predicted molar refractivity (Wildman–Crippen MR) is 123 cm³/mol. The Labute approximate surface area is 189 Å². The molecule has 1 saturated heterocycles. The molecule has 1 fully saturated rings. The summed E-state index contributed by atoms with van der Waals surface area (Å²) in [6.07, 6.45) is 4.64. The highest BCUT2D eigenvalue weighted by Crippen LogP contribution is 2.24. The maximum Gasteiger partial charge on any atom is 0.261 e. The second-order valence-corrected chi connectivity index (χ2v) is 8.84. The number of nitrogens with one attached hydrogen (secondary N) is 1. The van der Waals surface area contributed by atoms with Crippen LogP contribution in [-0.2, 0) is 17.9 Å². The molecule has 0 aromatic heterocycles. The van der Waals surface area contributed by atoms with Crippen LogP contribution in [0.2, 0.25) is 0 Å². The van der Waals surface area contributed by atoms with Crippen molar-refractivity contribution in [1.82, 2.24) is 15.1 Å². The van der Waals surface area contributed by atoms with Crippen LogP contribution >= 0.6 is 0 Å². The Kier molecular flexibility index (Phi) is 7.00. The summed E-state index contributed by atoms with van der Waals surface area (Å²) in [6, 6.07) is 13.7. The zero-order valence-electron chi connectivity index (χ0n) is 18.7. The average molecular weight is 434 g/mol. The number of imide groups is 1. The lowest BCUT2D eigenvalue weighted by atomic mass is 10.1. The van der Waals surface area contributed by atoms with E-state index >= 15 is 0 Å². The number of benzene rings is 2. The first-order valence-corrected chi connectivity index (χ1v) is 11.5. The third kappa shape index (κ3) is 5.25. The SMILES string of the molecule is Cc1ccc2c(c1)C(=O)N(CCCC(=O)NCc1ccc(CN3CCCCC3)cc1)C2=O. The molecule has 2 aliphatic rings. The van der Waals surface area contributed by atoms with Crippen LogP contribution in [0.25, 0.3) is 0 Å². The summed E-state index contributed by atoms with van der Waals surface area (Å²) in [4.78, 5) is 40.9. The van der Waals surface area contributed by atoms with Gasteiger partial charge in [0, 0.05) is 26.1 Å². The van der Waals surface area contributed by atoms with E-state index in [9.17, 15) is 14.4 Å². The Hall–Kier alpha value is -2.99. The fourth-order valence-corrected chi connectivity index (χ4v) is 4.43. The lowest BCUT2D eigenvalue weighted by Crippen LogP contribution is -2.32. The highest BCUT2D eigenvalue weighted by Gasteiger charge is 2.34. The number of piperidine rings is 1. The fourth-order valence-electron chi connectivity index (χ4n) is 4.43. The molecule has 0 aliphatic carbocycles. The zero-order chi connectivity index (χ0) is 22.5. The minimum atomic E-state index is -0.268. The van der Waals surface area contributed by atoms with E-state index in [-0.39, 0.29) is 30.7 Å². The number of hydrogen-bond donors (Lipinski definition) is 1. The van der Waals surface area contributed by atoms with Crippen molar-refractivity contribution in [2.24, 2.45) is 0 Å². The van der Waals surface area contributed by atoms with Crippen LogP contribution in [0.4, 0.5) is 0 Å². The number of aryl methyl sites for hydroxylation is 1. The fraction of sp³-hybridized carbons (Fsp3) is 0.423. The Morgan fingerprint density at radius 1 is 0.906 bits per heavy atom. The Morgan fingerprint density at radius 3 is 2.34 bits per heavy atom. The van der Waals surface area contributed by atoms with E-state index in [0.29, 0.717) is 24.1 Å². The van der Waals surface area contributed by atoms with Crippen molar-refractivity contribution in [3.63, 3.8) is 0 Å². The van der Waals surface area contributed by atoms with E-state index < -0.39 is 0 Å². The summed E-state index contributed by atoms with van der Waals surface area (Å²) in [6.45, 7) is 5.98. The average Bonchev–Trinajstić information content (AvgIpc) is 3.03. The molecule has 3 amide bonds. The first-order valence-electron chi connectivity index (χ1n) is 11.5. The summed E-state index contributed by atoms with van der Waals surface area (Å²) in [5.74, 6) is -0.608. The molecule has 0 unspecified atom stereocenters. The van der Waals surface area contributed by atoms with Crippen molar-refractivity contribution in [3.8, 4) is 0 Å². The quantitative estimate of drug-likeness (QED) is 0.645. The van der Waals surface area contributed by atoms with E-state index in [0.717, 1.165) is 17.7 Å². The minimum absolute atomic E-state index is 0.0742. The summed E-state index contributed by atoms with van der Waals surface area (Å²) in [5, 5.41) is 2.93. The Balaban J connectivity index is 1.19. The van der Waals surface area contributed by atoms with Gasteiger partial charge in [-0.15, -0.1) is 0 Å². The van der Waals surface area contributed by atoms with Crippen LogP contribution < -0.4 is 5.32 Å². The normalized spacial score (nSPS) is 16.3. The van der Waals surface area contributed by atoms with Crippen molar-refractivity contribution in [2.45, 2.75) is 52.1 Å². The van der Waals surface area contributed by atoms with E-state index in [2.05, 4.69) is 34.5 Å². The van der Waals surface area contributed by atoms with E-state index in [1.165, 1.54) is 42.8 Å². The molecule has 168 valence electrons. The van der Waals surface area contributed by atoms with E-state index in [1.807, 2.05) is 13.0 Å². The number of hydrogen-bond acceptors (Lipinski definition) is 4. The zero-order valence-corrected chi connectivity index (χ0v) is 18.7. The number of likely N-dealkylation sites (tertiary alicyclic amines) is 1. The van der Waals surface area contributed by atoms with Gasteiger partial charge in [-0.05, 0) is 62.5 Å². The molecule has 0 saturated carbocycles. The van der Waals surface area contributed by atoms with Crippen molar-refractivity contribution < 1.29 is 14.4 Å². The number of carbonyl (C=O) groups is 3. The number of nitrogens with zero attached hydrogens (tertiary/aromatic N) is 2. The first kappa shape index (κ1) is 22.2. The van der Waals surface area contributed by atoms with Gasteiger partial charge in [-0.1, -0.05) is 42.3 Å². The maximum absolute atomic E-state index is 12.5. The predicted octanol–water partition coefficient (Wildman–Crippen LogP) is 3.67. The molecule has 6 heteroatoms. The van der Waals surface area contributed by atoms with Crippen molar-refractivity contribution >= 4 is 17.7 Å². The molecule has 2 aromatic rings. The van der Waals surface area contributed by atoms with Crippen molar-refractivity contribution in [1.29, 1.82) is 0 Å². The van der Waals surface area contributed by atoms with Gasteiger partial charge in [-0.3, -0.25) is 24.2 Å². The van der Waals surface area contributed by atoms with Gasteiger partial charge in [0.15, 0.2) is 0 Å². The van der Waals surface area contributed by atoms with Gasteiger partial charge in [0.25, 0.3) is 11.8 Å². The standard InChI is InChI=1S/C26H31N3O3/c1-19-7-12-22-23(16-19)26(32)29(25(22)31)15-5-6-24(30)27-17-20-8-10-21(11-9-20)18-28-13-3-2-4-14-28/h7-12,16H,2-6,13-15,17-18H2,1H3,(H,27,30). The smallest absolute Gasteiger partial charge is 0.261 e. The summed E-state index contributed by atoms with van der Waals surface area (Å²) in [5.41, 5.74) is 4.23. The lowest BCUT2D eigenvalue weighted by molar-refractivity contribution is -0.121. The molecule has 2 aliphatic heterocycles. The van der Waals surface area contributed by atoms with Crippen LogP contribution in [0.3, 0.4) is 0 Å².